The minimum absolute atomic E-state index is 0.00658. The second kappa shape index (κ2) is 4.14. The van der Waals surface area contributed by atoms with Crippen LogP contribution >= 0.6 is 0 Å². The molecule has 0 fully saturated rings. The molecule has 1 amide bonds. The zero-order valence-electron chi connectivity index (χ0n) is 9.80. The van der Waals surface area contributed by atoms with Crippen molar-refractivity contribution in [2.75, 3.05) is 18.9 Å². The molecule has 92 valence electrons. The fourth-order valence-electron chi connectivity index (χ4n) is 2.08. The van der Waals surface area contributed by atoms with Gasteiger partial charge in [-0.1, -0.05) is 23.4 Å². The van der Waals surface area contributed by atoms with Crippen molar-refractivity contribution in [2.24, 2.45) is 0 Å². The van der Waals surface area contributed by atoms with Gasteiger partial charge < -0.3 is 15.2 Å². The Balaban J connectivity index is 1.93. The molecule has 1 aromatic carbocycles. The van der Waals surface area contributed by atoms with Crippen LogP contribution in [0.3, 0.4) is 0 Å². The number of carbonyl (C=O) groups excluding carboxylic acids is 1. The van der Waals surface area contributed by atoms with Gasteiger partial charge in [0.05, 0.1) is 5.92 Å². The van der Waals surface area contributed by atoms with Crippen molar-refractivity contribution in [2.45, 2.75) is 5.92 Å². The Hall–Kier alpha value is -2.37. The summed E-state index contributed by atoms with van der Waals surface area (Å²) in [4.78, 5) is 15.5. The lowest BCUT2D eigenvalue weighted by atomic mass is 10.0. The summed E-state index contributed by atoms with van der Waals surface area (Å²) < 4.78 is 5.17. The molecule has 6 nitrogen and oxygen atoms in total. The molecule has 1 aromatic heterocycles. The second-order valence-electron chi connectivity index (χ2n) is 4.06. The van der Waals surface area contributed by atoms with Crippen LogP contribution in [-0.2, 0) is 0 Å². The topological polar surface area (TPSA) is 80.0 Å². The molecule has 0 saturated heterocycles. The van der Waals surface area contributed by atoms with Crippen molar-refractivity contribution in [3.63, 3.8) is 0 Å². The van der Waals surface area contributed by atoms with E-state index < -0.39 is 0 Å². The summed E-state index contributed by atoms with van der Waals surface area (Å²) in [5.41, 5.74) is 2.19. The summed E-state index contributed by atoms with van der Waals surface area (Å²) in [6, 6.07) is 7.96. The Bertz CT molecular complexity index is 593. The highest BCUT2D eigenvalue weighted by molar-refractivity contribution is 5.89. The van der Waals surface area contributed by atoms with E-state index in [1.165, 1.54) is 7.05 Å². The molecule has 2 N–H and O–H groups in total. The minimum atomic E-state index is -0.343. The van der Waals surface area contributed by atoms with Gasteiger partial charge in [0, 0.05) is 19.3 Å². The monoisotopic (exact) mass is 244 g/mol. The Kier molecular flexibility index (Phi) is 2.47. The number of rotatable bonds is 2. The van der Waals surface area contributed by atoms with E-state index in [1.54, 1.807) is 0 Å². The van der Waals surface area contributed by atoms with Gasteiger partial charge >= 0.3 is 0 Å². The molecule has 18 heavy (non-hydrogen) atoms. The van der Waals surface area contributed by atoms with Crippen molar-refractivity contribution >= 4 is 11.6 Å². The molecule has 1 aliphatic heterocycles. The normalized spacial score (nSPS) is 17.1. The lowest BCUT2D eigenvalue weighted by Crippen LogP contribution is -2.19. The molecule has 0 saturated carbocycles. The SMILES string of the molecule is CNC(=O)c1noc(C2CNc3ccccc32)n1. The van der Waals surface area contributed by atoms with Crippen LogP contribution in [0.15, 0.2) is 28.8 Å². The minimum Gasteiger partial charge on any atom is -0.384 e. The predicted molar refractivity (Wildman–Crippen MR) is 64.5 cm³/mol. The lowest BCUT2D eigenvalue weighted by molar-refractivity contribution is 0.0950. The van der Waals surface area contributed by atoms with E-state index in [0.29, 0.717) is 12.4 Å². The van der Waals surface area contributed by atoms with Gasteiger partial charge in [0.2, 0.25) is 5.89 Å². The second-order valence-corrected chi connectivity index (χ2v) is 4.06. The quantitative estimate of drug-likeness (QED) is 0.823. The van der Waals surface area contributed by atoms with Gasteiger partial charge in [-0.15, -0.1) is 0 Å². The molecule has 2 heterocycles. The predicted octanol–water partition coefficient (Wildman–Crippen LogP) is 0.987. The highest BCUT2D eigenvalue weighted by atomic mass is 16.5. The van der Waals surface area contributed by atoms with Gasteiger partial charge in [-0.25, -0.2) is 0 Å². The van der Waals surface area contributed by atoms with Crippen molar-refractivity contribution in [3.8, 4) is 0 Å². The van der Waals surface area contributed by atoms with Gasteiger partial charge in [-0.2, -0.15) is 4.98 Å². The number of nitrogens with zero attached hydrogens (tertiary/aromatic N) is 2. The first-order valence-electron chi connectivity index (χ1n) is 5.68. The third-order valence-corrected chi connectivity index (χ3v) is 3.00. The molecule has 0 radical (unpaired) electrons. The molecular weight excluding hydrogens is 232 g/mol. The fourth-order valence-corrected chi connectivity index (χ4v) is 2.08. The van der Waals surface area contributed by atoms with Crippen molar-refractivity contribution in [1.29, 1.82) is 0 Å². The summed E-state index contributed by atoms with van der Waals surface area (Å²) in [6.07, 6.45) is 0. The summed E-state index contributed by atoms with van der Waals surface area (Å²) in [6.45, 7) is 0.703. The smallest absolute Gasteiger partial charge is 0.292 e. The number of aromatic nitrogens is 2. The van der Waals surface area contributed by atoms with Gasteiger partial charge in [0.25, 0.3) is 11.7 Å². The summed E-state index contributed by atoms with van der Waals surface area (Å²) in [7, 11) is 1.53. The average Bonchev–Trinajstić information content (AvgIpc) is 3.03. The van der Waals surface area contributed by atoms with E-state index in [2.05, 4.69) is 20.8 Å². The number of carbonyl (C=O) groups is 1. The van der Waals surface area contributed by atoms with E-state index >= 15 is 0 Å². The first-order chi connectivity index (χ1) is 8.79. The summed E-state index contributed by atoms with van der Waals surface area (Å²) >= 11 is 0. The Morgan fingerprint density at radius 3 is 3.17 bits per heavy atom. The third kappa shape index (κ3) is 1.62. The average molecular weight is 244 g/mol. The Morgan fingerprint density at radius 2 is 2.33 bits per heavy atom. The van der Waals surface area contributed by atoms with Crippen molar-refractivity contribution in [1.82, 2.24) is 15.5 Å². The van der Waals surface area contributed by atoms with Crippen LogP contribution in [-0.4, -0.2) is 29.6 Å². The maximum absolute atomic E-state index is 11.4. The highest BCUT2D eigenvalue weighted by Gasteiger charge is 2.28. The Morgan fingerprint density at radius 1 is 1.50 bits per heavy atom. The lowest BCUT2D eigenvalue weighted by Gasteiger charge is -2.02. The molecule has 2 aromatic rings. The first-order valence-corrected chi connectivity index (χ1v) is 5.68. The van der Waals surface area contributed by atoms with Crippen molar-refractivity contribution in [3.05, 3.63) is 41.5 Å². The first kappa shape index (κ1) is 10.8. The van der Waals surface area contributed by atoms with Crippen LogP contribution in [0.5, 0.6) is 0 Å². The van der Waals surface area contributed by atoms with E-state index in [4.69, 9.17) is 4.52 Å². The van der Waals surface area contributed by atoms with Gasteiger partial charge in [-0.3, -0.25) is 4.79 Å². The van der Waals surface area contributed by atoms with E-state index in [1.807, 2.05) is 24.3 Å². The van der Waals surface area contributed by atoms with Gasteiger partial charge in [0.15, 0.2) is 0 Å². The molecular formula is C12H12N4O2. The van der Waals surface area contributed by atoms with Crippen LogP contribution in [0, 0.1) is 0 Å². The molecule has 6 heteroatoms. The summed E-state index contributed by atoms with van der Waals surface area (Å²) in [5.74, 6) is 0.194. The van der Waals surface area contributed by atoms with E-state index in [9.17, 15) is 4.79 Å². The van der Waals surface area contributed by atoms with Crippen molar-refractivity contribution < 1.29 is 9.32 Å². The van der Waals surface area contributed by atoms with Crippen LogP contribution < -0.4 is 10.6 Å². The molecule has 1 unspecified atom stereocenters. The maximum atomic E-state index is 11.4. The van der Waals surface area contributed by atoms with Crippen LogP contribution in [0.2, 0.25) is 0 Å². The van der Waals surface area contributed by atoms with Crippen LogP contribution in [0.25, 0.3) is 0 Å². The largest absolute Gasteiger partial charge is 0.384 e. The zero-order valence-corrected chi connectivity index (χ0v) is 9.80. The van der Waals surface area contributed by atoms with Gasteiger partial charge in [-0.05, 0) is 11.6 Å². The third-order valence-electron chi connectivity index (χ3n) is 3.00. The molecule has 0 bridgehead atoms. The van der Waals surface area contributed by atoms with Crippen LogP contribution in [0.4, 0.5) is 5.69 Å². The molecule has 1 atom stereocenters. The molecule has 0 aliphatic carbocycles. The highest BCUT2D eigenvalue weighted by Crippen LogP contribution is 2.34. The number of fused-ring (bicyclic) bond motifs is 1. The van der Waals surface area contributed by atoms with Gasteiger partial charge in [0.1, 0.15) is 0 Å². The van der Waals surface area contributed by atoms with Crippen LogP contribution in [0.1, 0.15) is 28.0 Å². The number of para-hydroxylation sites is 1. The number of amides is 1. The fraction of sp³-hybridized carbons (Fsp3) is 0.250. The zero-order chi connectivity index (χ0) is 12.5. The van der Waals surface area contributed by atoms with E-state index in [-0.39, 0.29) is 17.6 Å². The number of nitrogens with one attached hydrogen (secondary N) is 2. The standard InChI is InChI=1S/C12H12N4O2/c1-13-11(17)10-15-12(18-16-10)8-6-14-9-5-3-2-4-7(8)9/h2-5,8,14H,6H2,1H3,(H,13,17). The number of anilines is 1. The number of benzene rings is 1. The Labute approximate surface area is 103 Å². The molecule has 1 aliphatic rings. The molecule has 0 spiro atoms. The number of hydrogen-bond acceptors (Lipinski definition) is 5. The summed E-state index contributed by atoms with van der Waals surface area (Å²) in [5, 5.41) is 9.42. The number of hydrogen-bond donors (Lipinski definition) is 2. The maximum Gasteiger partial charge on any atom is 0.292 e. The van der Waals surface area contributed by atoms with E-state index in [0.717, 1.165) is 11.3 Å². The molecule has 3 rings (SSSR count).